The van der Waals surface area contributed by atoms with Gasteiger partial charge in [0.25, 0.3) is 5.91 Å². The molecular formula is C12H17BrN2O2S. The maximum atomic E-state index is 11.6. The molecule has 1 N–H and O–H groups in total. The molecule has 6 heteroatoms. The zero-order chi connectivity index (χ0) is 13.1. The predicted octanol–water partition coefficient (Wildman–Crippen LogP) is 1.54. The summed E-state index contributed by atoms with van der Waals surface area (Å²) < 4.78 is 1.16. The molecule has 1 saturated heterocycles. The van der Waals surface area contributed by atoms with Crippen molar-refractivity contribution in [2.24, 2.45) is 0 Å². The zero-order valence-electron chi connectivity index (χ0n) is 10.3. The maximum Gasteiger partial charge on any atom is 0.251 e. The minimum Gasteiger partial charge on any atom is -0.384 e. The monoisotopic (exact) mass is 332 g/mol. The van der Waals surface area contributed by atoms with Crippen molar-refractivity contribution in [2.45, 2.75) is 19.6 Å². The van der Waals surface area contributed by atoms with Crippen molar-refractivity contribution >= 4 is 33.2 Å². The zero-order valence-corrected chi connectivity index (χ0v) is 12.7. The Balaban J connectivity index is 1.84. The number of rotatable bonds is 3. The van der Waals surface area contributed by atoms with Crippen LogP contribution in [0.2, 0.25) is 0 Å². The van der Waals surface area contributed by atoms with E-state index in [1.54, 1.807) is 16.2 Å². The van der Waals surface area contributed by atoms with E-state index in [1.807, 2.05) is 0 Å². The van der Waals surface area contributed by atoms with Gasteiger partial charge in [0, 0.05) is 42.1 Å². The topological polar surface area (TPSA) is 43.8 Å². The number of aliphatic hydroxyl groups excluding tert-OH is 1. The van der Waals surface area contributed by atoms with Gasteiger partial charge in [0.05, 0.1) is 0 Å². The molecule has 4 nitrogen and oxygen atoms in total. The minimum absolute atomic E-state index is 0.160. The third kappa shape index (κ3) is 3.32. The number of piperazine rings is 1. The van der Waals surface area contributed by atoms with E-state index in [0.717, 1.165) is 24.1 Å². The number of hydrogen-bond acceptors (Lipinski definition) is 4. The quantitative estimate of drug-likeness (QED) is 0.913. The highest BCUT2D eigenvalue weighted by Gasteiger charge is 2.23. The van der Waals surface area contributed by atoms with Gasteiger partial charge in [0.2, 0.25) is 0 Å². The van der Waals surface area contributed by atoms with Crippen molar-refractivity contribution in [2.75, 3.05) is 26.2 Å². The maximum absolute atomic E-state index is 11.6. The van der Waals surface area contributed by atoms with Gasteiger partial charge in [-0.05, 0) is 34.3 Å². The van der Waals surface area contributed by atoms with Gasteiger partial charge >= 0.3 is 0 Å². The van der Waals surface area contributed by atoms with E-state index in [4.69, 9.17) is 0 Å². The molecule has 100 valence electrons. The molecule has 18 heavy (non-hydrogen) atoms. The first-order chi connectivity index (χ1) is 8.58. The Morgan fingerprint density at radius 1 is 1.50 bits per heavy atom. The standard InChI is InChI=1S/C12H17BrN2O2S/c1-9(16)12(17)15-5-3-14(4-6-15)8-11-10(13)2-7-18-11/h2,7,9,16H,3-6,8H2,1H3. The largest absolute Gasteiger partial charge is 0.384 e. The Hall–Kier alpha value is -0.430. The lowest BCUT2D eigenvalue weighted by Gasteiger charge is -2.35. The van der Waals surface area contributed by atoms with Crippen LogP contribution in [0, 0.1) is 0 Å². The summed E-state index contributed by atoms with van der Waals surface area (Å²) in [6.45, 7) is 5.58. The third-order valence-electron chi connectivity index (χ3n) is 3.10. The van der Waals surface area contributed by atoms with Gasteiger partial charge in [-0.15, -0.1) is 11.3 Å². The number of thiophene rings is 1. The lowest BCUT2D eigenvalue weighted by atomic mass is 10.2. The fraction of sp³-hybridized carbons (Fsp3) is 0.583. The summed E-state index contributed by atoms with van der Waals surface area (Å²) in [5, 5.41) is 11.3. The van der Waals surface area contributed by atoms with Gasteiger partial charge in [0.15, 0.2) is 0 Å². The van der Waals surface area contributed by atoms with E-state index < -0.39 is 6.10 Å². The summed E-state index contributed by atoms with van der Waals surface area (Å²) in [5.41, 5.74) is 0. The Labute approximate surface area is 119 Å². The van der Waals surface area contributed by atoms with Gasteiger partial charge in [-0.2, -0.15) is 0 Å². The molecule has 2 heterocycles. The first-order valence-electron chi connectivity index (χ1n) is 5.99. The lowest BCUT2D eigenvalue weighted by Crippen LogP contribution is -2.50. The van der Waals surface area contributed by atoms with E-state index in [9.17, 15) is 9.90 Å². The Morgan fingerprint density at radius 2 is 2.17 bits per heavy atom. The first-order valence-corrected chi connectivity index (χ1v) is 7.66. The van der Waals surface area contributed by atoms with Crippen molar-refractivity contribution < 1.29 is 9.90 Å². The van der Waals surface area contributed by atoms with E-state index in [-0.39, 0.29) is 5.91 Å². The summed E-state index contributed by atoms with van der Waals surface area (Å²) in [7, 11) is 0. The smallest absolute Gasteiger partial charge is 0.251 e. The van der Waals surface area contributed by atoms with Crippen LogP contribution < -0.4 is 0 Å². The fourth-order valence-electron chi connectivity index (χ4n) is 2.03. The molecule has 1 fully saturated rings. The second-order valence-corrected chi connectivity index (χ2v) is 6.32. The predicted molar refractivity (Wildman–Crippen MR) is 75.6 cm³/mol. The first kappa shape index (κ1) is 14.0. The van der Waals surface area contributed by atoms with Crippen LogP contribution in [0.3, 0.4) is 0 Å². The Kier molecular flexibility index (Phi) is 4.77. The molecule has 0 radical (unpaired) electrons. The minimum atomic E-state index is -0.886. The second-order valence-electron chi connectivity index (χ2n) is 4.47. The molecule has 0 spiro atoms. The SMILES string of the molecule is CC(O)C(=O)N1CCN(Cc2sccc2Br)CC1. The Morgan fingerprint density at radius 3 is 2.67 bits per heavy atom. The van der Waals surface area contributed by atoms with Crippen molar-refractivity contribution in [1.82, 2.24) is 9.80 Å². The van der Waals surface area contributed by atoms with E-state index in [2.05, 4.69) is 32.3 Å². The van der Waals surface area contributed by atoms with Gasteiger partial charge < -0.3 is 10.0 Å². The van der Waals surface area contributed by atoms with Crippen molar-refractivity contribution in [3.8, 4) is 0 Å². The van der Waals surface area contributed by atoms with Crippen molar-refractivity contribution in [3.63, 3.8) is 0 Å². The number of carbonyl (C=O) groups is 1. The summed E-state index contributed by atoms with van der Waals surface area (Å²) in [6, 6.07) is 2.06. The van der Waals surface area contributed by atoms with E-state index >= 15 is 0 Å². The molecule has 1 aromatic heterocycles. The van der Waals surface area contributed by atoms with Gasteiger partial charge in [0.1, 0.15) is 6.10 Å². The van der Waals surface area contributed by atoms with Crippen molar-refractivity contribution in [3.05, 3.63) is 20.8 Å². The summed E-state index contributed by atoms with van der Waals surface area (Å²) in [4.78, 5) is 17.0. The molecular weight excluding hydrogens is 316 g/mol. The van der Waals surface area contributed by atoms with Crippen LogP contribution >= 0.6 is 27.3 Å². The number of nitrogens with zero attached hydrogens (tertiary/aromatic N) is 2. The number of carbonyl (C=O) groups excluding carboxylic acids is 1. The average Bonchev–Trinajstić information content (AvgIpc) is 2.75. The molecule has 0 bridgehead atoms. The summed E-state index contributed by atoms with van der Waals surface area (Å²) in [6.07, 6.45) is -0.886. The Bertz CT molecular complexity index is 414. The number of amides is 1. The van der Waals surface area contributed by atoms with Gasteiger partial charge in [-0.3, -0.25) is 9.69 Å². The lowest BCUT2D eigenvalue weighted by molar-refractivity contribution is -0.141. The molecule has 0 aliphatic carbocycles. The van der Waals surface area contributed by atoms with Crippen LogP contribution in [0.5, 0.6) is 0 Å². The highest BCUT2D eigenvalue weighted by Crippen LogP contribution is 2.24. The molecule has 2 rings (SSSR count). The van der Waals surface area contributed by atoms with Crippen LogP contribution in [-0.4, -0.2) is 53.1 Å². The number of aliphatic hydroxyl groups is 1. The highest BCUT2D eigenvalue weighted by molar-refractivity contribution is 9.10. The average molecular weight is 333 g/mol. The highest BCUT2D eigenvalue weighted by atomic mass is 79.9. The van der Waals surface area contributed by atoms with E-state index in [0.29, 0.717) is 13.1 Å². The molecule has 1 aliphatic heterocycles. The second kappa shape index (κ2) is 6.14. The fourth-order valence-corrected chi connectivity index (χ4v) is 3.55. The number of hydrogen-bond donors (Lipinski definition) is 1. The van der Waals surface area contributed by atoms with Crippen LogP contribution in [0.1, 0.15) is 11.8 Å². The molecule has 1 unspecified atom stereocenters. The van der Waals surface area contributed by atoms with E-state index in [1.165, 1.54) is 11.8 Å². The molecule has 0 aromatic carbocycles. The number of halogens is 1. The van der Waals surface area contributed by atoms with Crippen LogP contribution in [0.4, 0.5) is 0 Å². The van der Waals surface area contributed by atoms with Crippen LogP contribution in [0.25, 0.3) is 0 Å². The third-order valence-corrected chi connectivity index (χ3v) is 5.01. The normalized spacial score (nSPS) is 18.9. The molecule has 1 aromatic rings. The van der Waals surface area contributed by atoms with Gasteiger partial charge in [-0.1, -0.05) is 0 Å². The summed E-state index contributed by atoms with van der Waals surface area (Å²) >= 11 is 5.28. The molecule has 1 amide bonds. The van der Waals surface area contributed by atoms with Crippen LogP contribution in [0.15, 0.2) is 15.9 Å². The molecule has 1 aliphatic rings. The summed E-state index contributed by atoms with van der Waals surface area (Å²) in [5.74, 6) is -0.160. The van der Waals surface area contributed by atoms with Crippen molar-refractivity contribution in [1.29, 1.82) is 0 Å². The molecule has 1 atom stereocenters. The molecule has 0 saturated carbocycles. The van der Waals surface area contributed by atoms with Gasteiger partial charge in [-0.25, -0.2) is 0 Å². The van der Waals surface area contributed by atoms with Crippen LogP contribution in [-0.2, 0) is 11.3 Å².